The van der Waals surface area contributed by atoms with Crippen LogP contribution in [0.3, 0.4) is 0 Å². The van der Waals surface area contributed by atoms with Gasteiger partial charge < -0.3 is 11.1 Å². The third-order valence-electron chi connectivity index (χ3n) is 3.52. The van der Waals surface area contributed by atoms with E-state index in [0.717, 1.165) is 31.4 Å². The van der Waals surface area contributed by atoms with E-state index in [-0.39, 0.29) is 11.4 Å². The Hall–Kier alpha value is -1.42. The molecule has 18 heavy (non-hydrogen) atoms. The van der Waals surface area contributed by atoms with E-state index >= 15 is 0 Å². The van der Waals surface area contributed by atoms with E-state index < -0.39 is 0 Å². The zero-order chi connectivity index (χ0) is 13.0. The Morgan fingerprint density at radius 1 is 1.39 bits per heavy atom. The van der Waals surface area contributed by atoms with Crippen molar-refractivity contribution in [3.8, 4) is 0 Å². The highest BCUT2D eigenvalue weighted by atomic mass is 16.1. The van der Waals surface area contributed by atoms with Crippen molar-refractivity contribution < 1.29 is 4.79 Å². The van der Waals surface area contributed by atoms with Gasteiger partial charge in [-0.3, -0.25) is 4.79 Å². The van der Waals surface area contributed by atoms with Crippen LogP contribution in [0, 0.1) is 6.92 Å². The lowest BCUT2D eigenvalue weighted by atomic mass is 9.80. The van der Waals surface area contributed by atoms with Crippen molar-refractivity contribution in [1.82, 2.24) is 4.98 Å². The van der Waals surface area contributed by atoms with Crippen molar-refractivity contribution in [3.05, 3.63) is 23.9 Å². The summed E-state index contributed by atoms with van der Waals surface area (Å²) in [4.78, 5) is 16.2. The number of nitrogens with zero attached hydrogens (tertiary/aromatic N) is 1. The highest BCUT2D eigenvalue weighted by molar-refractivity contribution is 5.90. The molecule has 1 aliphatic carbocycles. The van der Waals surface area contributed by atoms with Gasteiger partial charge in [-0.25, -0.2) is 4.98 Å². The number of nitrogens with one attached hydrogen (secondary N) is 1. The van der Waals surface area contributed by atoms with Crippen molar-refractivity contribution in [1.29, 1.82) is 0 Å². The van der Waals surface area contributed by atoms with Crippen LogP contribution in [0.2, 0.25) is 0 Å². The Balaban J connectivity index is 1.92. The molecule has 1 aromatic heterocycles. The summed E-state index contributed by atoms with van der Waals surface area (Å²) in [7, 11) is 0. The van der Waals surface area contributed by atoms with Gasteiger partial charge in [0, 0.05) is 17.7 Å². The summed E-state index contributed by atoms with van der Waals surface area (Å²) in [5.74, 6) is 0.580. The number of aromatic nitrogens is 1. The van der Waals surface area contributed by atoms with E-state index in [9.17, 15) is 4.79 Å². The number of amides is 1. The van der Waals surface area contributed by atoms with Gasteiger partial charge >= 0.3 is 0 Å². The maximum Gasteiger partial charge on any atom is 0.227 e. The zero-order valence-electron chi connectivity index (χ0n) is 10.9. The molecule has 1 aromatic rings. The molecule has 4 heteroatoms. The first-order valence-corrected chi connectivity index (χ1v) is 6.60. The van der Waals surface area contributed by atoms with Crippen molar-refractivity contribution in [3.63, 3.8) is 0 Å². The number of hydrogen-bond acceptors (Lipinski definition) is 3. The second-order valence-corrected chi connectivity index (χ2v) is 5.31. The van der Waals surface area contributed by atoms with Crippen LogP contribution in [-0.2, 0) is 4.79 Å². The topological polar surface area (TPSA) is 68.0 Å². The van der Waals surface area contributed by atoms with E-state index in [1.807, 2.05) is 19.1 Å². The molecule has 1 fully saturated rings. The number of anilines is 1. The molecule has 4 nitrogen and oxygen atoms in total. The number of rotatable bonds is 3. The fraction of sp³-hybridized carbons (Fsp3) is 0.571. The van der Waals surface area contributed by atoms with E-state index in [1.165, 1.54) is 6.42 Å². The molecule has 0 bridgehead atoms. The fourth-order valence-corrected chi connectivity index (χ4v) is 2.55. The molecule has 98 valence electrons. The van der Waals surface area contributed by atoms with E-state index in [4.69, 9.17) is 5.73 Å². The minimum Gasteiger partial charge on any atom is -0.325 e. The highest BCUT2D eigenvalue weighted by Gasteiger charge is 2.29. The largest absolute Gasteiger partial charge is 0.325 e. The van der Waals surface area contributed by atoms with Gasteiger partial charge in [-0.05, 0) is 31.9 Å². The highest BCUT2D eigenvalue weighted by Crippen LogP contribution is 2.28. The summed E-state index contributed by atoms with van der Waals surface area (Å²) in [6.07, 6.45) is 5.78. The first kappa shape index (κ1) is 13.0. The summed E-state index contributed by atoms with van der Waals surface area (Å²) < 4.78 is 0. The van der Waals surface area contributed by atoms with Crippen LogP contribution in [0.25, 0.3) is 0 Å². The Kier molecular flexibility index (Phi) is 3.97. The molecule has 3 N–H and O–H groups in total. The Bertz CT molecular complexity index is 425. The van der Waals surface area contributed by atoms with Gasteiger partial charge in [0.2, 0.25) is 5.91 Å². The minimum atomic E-state index is -0.313. The van der Waals surface area contributed by atoms with Gasteiger partial charge in [0.15, 0.2) is 0 Å². The van der Waals surface area contributed by atoms with Crippen LogP contribution in [0.15, 0.2) is 18.2 Å². The molecule has 0 atom stereocenters. The van der Waals surface area contributed by atoms with Gasteiger partial charge in [0.25, 0.3) is 0 Å². The molecule has 1 aliphatic rings. The van der Waals surface area contributed by atoms with Crippen LogP contribution in [0.5, 0.6) is 0 Å². The first-order valence-electron chi connectivity index (χ1n) is 6.60. The minimum absolute atomic E-state index is 0.0301. The summed E-state index contributed by atoms with van der Waals surface area (Å²) in [5.41, 5.74) is 6.85. The fourth-order valence-electron chi connectivity index (χ4n) is 2.55. The standard InChI is InChI=1S/C14H21N3O/c1-11-6-5-7-12(16-11)17-13(18)10-14(15)8-3-2-4-9-14/h5-7H,2-4,8-10,15H2,1H3,(H,16,17,18). The normalized spacial score (nSPS) is 18.3. The van der Waals surface area contributed by atoms with E-state index in [1.54, 1.807) is 6.07 Å². The summed E-state index contributed by atoms with van der Waals surface area (Å²) >= 11 is 0. The predicted octanol–water partition coefficient (Wildman–Crippen LogP) is 2.38. The van der Waals surface area contributed by atoms with Gasteiger partial charge in [0.05, 0.1) is 0 Å². The van der Waals surface area contributed by atoms with Crippen LogP contribution in [0.1, 0.15) is 44.2 Å². The Morgan fingerprint density at radius 2 is 2.11 bits per heavy atom. The average Bonchev–Trinajstić information content (AvgIpc) is 2.28. The van der Waals surface area contributed by atoms with E-state index in [2.05, 4.69) is 10.3 Å². The number of pyridine rings is 1. The lowest BCUT2D eigenvalue weighted by Crippen LogP contribution is -2.44. The molecule has 0 aromatic carbocycles. The number of nitrogens with two attached hydrogens (primary N) is 1. The molecule has 1 saturated carbocycles. The van der Waals surface area contributed by atoms with Crippen LogP contribution in [-0.4, -0.2) is 16.4 Å². The number of aryl methyl sites for hydroxylation is 1. The smallest absolute Gasteiger partial charge is 0.227 e. The second kappa shape index (κ2) is 5.48. The first-order chi connectivity index (χ1) is 8.57. The quantitative estimate of drug-likeness (QED) is 0.861. The Labute approximate surface area is 108 Å². The Morgan fingerprint density at radius 3 is 2.78 bits per heavy atom. The zero-order valence-corrected chi connectivity index (χ0v) is 10.9. The van der Waals surface area contributed by atoms with Gasteiger partial charge in [-0.15, -0.1) is 0 Å². The molecule has 0 aliphatic heterocycles. The van der Waals surface area contributed by atoms with Gasteiger partial charge in [0.1, 0.15) is 5.82 Å². The van der Waals surface area contributed by atoms with E-state index in [0.29, 0.717) is 12.2 Å². The lowest BCUT2D eigenvalue weighted by Gasteiger charge is -2.32. The number of hydrogen-bond donors (Lipinski definition) is 2. The maximum atomic E-state index is 12.0. The molecule has 0 spiro atoms. The summed E-state index contributed by atoms with van der Waals surface area (Å²) in [6, 6.07) is 5.59. The third-order valence-corrected chi connectivity index (χ3v) is 3.52. The molecule has 0 radical (unpaired) electrons. The molecular weight excluding hydrogens is 226 g/mol. The van der Waals surface area contributed by atoms with Gasteiger partial charge in [-0.2, -0.15) is 0 Å². The van der Waals surface area contributed by atoms with Crippen LogP contribution < -0.4 is 11.1 Å². The molecule has 0 saturated heterocycles. The predicted molar refractivity (Wildman–Crippen MR) is 72.2 cm³/mol. The van der Waals surface area contributed by atoms with Crippen LogP contribution in [0.4, 0.5) is 5.82 Å². The number of carbonyl (C=O) groups excluding carboxylic acids is 1. The molecule has 1 amide bonds. The van der Waals surface area contributed by atoms with Crippen molar-refractivity contribution in [2.45, 2.75) is 51.0 Å². The SMILES string of the molecule is Cc1cccc(NC(=O)CC2(N)CCCCC2)n1. The van der Waals surface area contributed by atoms with Gasteiger partial charge in [-0.1, -0.05) is 25.3 Å². The lowest BCUT2D eigenvalue weighted by molar-refractivity contribution is -0.117. The maximum absolute atomic E-state index is 12.0. The monoisotopic (exact) mass is 247 g/mol. The molecule has 2 rings (SSSR count). The number of carbonyl (C=O) groups is 1. The second-order valence-electron chi connectivity index (χ2n) is 5.31. The van der Waals surface area contributed by atoms with Crippen molar-refractivity contribution in [2.75, 3.05) is 5.32 Å². The molecular formula is C14H21N3O. The van der Waals surface area contributed by atoms with Crippen LogP contribution >= 0.6 is 0 Å². The third kappa shape index (κ3) is 3.53. The van der Waals surface area contributed by atoms with Crippen molar-refractivity contribution in [2.24, 2.45) is 5.73 Å². The average molecular weight is 247 g/mol. The molecule has 0 unspecified atom stereocenters. The molecule has 1 heterocycles. The summed E-state index contributed by atoms with van der Waals surface area (Å²) in [5, 5.41) is 2.83. The summed E-state index contributed by atoms with van der Waals surface area (Å²) in [6.45, 7) is 1.90. The van der Waals surface area contributed by atoms with Crippen molar-refractivity contribution >= 4 is 11.7 Å².